The topological polar surface area (TPSA) is 105 Å². The van der Waals surface area contributed by atoms with E-state index in [0.717, 1.165) is 17.5 Å². The number of aromatic nitrogens is 2. The summed E-state index contributed by atoms with van der Waals surface area (Å²) in [5.41, 5.74) is 1.95. The Balaban J connectivity index is 1.73. The molecule has 1 unspecified atom stereocenters. The molecule has 0 radical (unpaired) electrons. The average molecular weight is 396 g/mol. The highest BCUT2D eigenvalue weighted by molar-refractivity contribution is 6.01. The molecule has 0 aliphatic rings. The first-order chi connectivity index (χ1) is 14.0. The van der Waals surface area contributed by atoms with Crippen molar-refractivity contribution in [1.29, 1.82) is 0 Å². The van der Waals surface area contributed by atoms with Crippen LogP contribution in [0, 0.1) is 0 Å². The summed E-state index contributed by atoms with van der Waals surface area (Å²) in [6, 6.07) is 11.6. The third-order valence-corrected chi connectivity index (χ3v) is 4.48. The number of imidazole rings is 1. The van der Waals surface area contributed by atoms with Gasteiger partial charge in [-0.15, -0.1) is 0 Å². The third-order valence-electron chi connectivity index (χ3n) is 4.48. The summed E-state index contributed by atoms with van der Waals surface area (Å²) in [6.45, 7) is 1.95. The Morgan fingerprint density at radius 1 is 1.10 bits per heavy atom. The highest BCUT2D eigenvalue weighted by Gasteiger charge is 2.22. The predicted octanol–water partition coefficient (Wildman–Crippen LogP) is 3.12. The summed E-state index contributed by atoms with van der Waals surface area (Å²) < 4.78 is 10.4. The number of carbonyl (C=O) groups is 2. The minimum absolute atomic E-state index is 0.334. The van der Waals surface area contributed by atoms with Gasteiger partial charge >= 0.3 is 0 Å². The molecule has 1 atom stereocenters. The summed E-state index contributed by atoms with van der Waals surface area (Å²) in [5.74, 6) is 0.609. The molecule has 29 heavy (non-hydrogen) atoms. The van der Waals surface area contributed by atoms with Crippen LogP contribution in [0.3, 0.4) is 0 Å². The van der Waals surface area contributed by atoms with E-state index in [4.69, 9.17) is 9.47 Å². The van der Waals surface area contributed by atoms with Gasteiger partial charge in [0, 0.05) is 5.56 Å². The number of carbonyl (C=O) groups excluding carboxylic acids is 2. The molecule has 3 N–H and O–H groups in total. The van der Waals surface area contributed by atoms with E-state index in [1.165, 1.54) is 14.2 Å². The number of amides is 2. The van der Waals surface area contributed by atoms with Crippen molar-refractivity contribution in [2.24, 2.45) is 0 Å². The maximum atomic E-state index is 12.7. The van der Waals surface area contributed by atoms with Crippen LogP contribution in [-0.4, -0.2) is 42.0 Å². The lowest BCUT2D eigenvalue weighted by Crippen LogP contribution is -2.43. The van der Waals surface area contributed by atoms with Crippen LogP contribution in [0.15, 0.2) is 42.5 Å². The summed E-state index contributed by atoms with van der Waals surface area (Å²) >= 11 is 0. The minimum atomic E-state index is -0.700. The number of fused-ring (bicyclic) bond motifs is 1. The molecule has 0 saturated heterocycles. The van der Waals surface area contributed by atoms with Gasteiger partial charge in [-0.05, 0) is 36.8 Å². The van der Waals surface area contributed by atoms with Crippen LogP contribution in [0.4, 0.5) is 5.95 Å². The Kier molecular flexibility index (Phi) is 6.33. The van der Waals surface area contributed by atoms with E-state index < -0.39 is 6.04 Å². The maximum Gasteiger partial charge on any atom is 0.252 e. The Morgan fingerprint density at radius 2 is 1.86 bits per heavy atom. The number of hydrogen-bond donors (Lipinski definition) is 3. The maximum absolute atomic E-state index is 12.7. The third kappa shape index (κ3) is 4.66. The largest absolute Gasteiger partial charge is 0.493 e. The molecule has 2 aromatic carbocycles. The molecular weight excluding hydrogens is 372 g/mol. The van der Waals surface area contributed by atoms with Crippen molar-refractivity contribution in [1.82, 2.24) is 15.3 Å². The number of methoxy groups -OCH3 is 2. The fraction of sp³-hybridized carbons (Fsp3) is 0.286. The van der Waals surface area contributed by atoms with Gasteiger partial charge in [0.1, 0.15) is 6.04 Å². The standard InChI is InChI=1S/C21H24N4O4/c1-4-7-16(20(27)25-21-23-14-8-5-6-9-15(14)24-21)22-19(26)13-10-11-17(28-2)18(12-13)29-3/h5-6,8-12,16H,4,7H2,1-3H3,(H,22,26)(H2,23,24,25,27). The monoisotopic (exact) mass is 396 g/mol. The van der Waals surface area contributed by atoms with Crippen LogP contribution in [0.2, 0.25) is 0 Å². The molecule has 0 aliphatic heterocycles. The molecular formula is C21H24N4O4. The number of benzene rings is 2. The van der Waals surface area contributed by atoms with Gasteiger partial charge in [0.05, 0.1) is 25.3 Å². The first-order valence-corrected chi connectivity index (χ1v) is 9.34. The number of aromatic amines is 1. The van der Waals surface area contributed by atoms with Crippen LogP contribution in [0.25, 0.3) is 11.0 Å². The van der Waals surface area contributed by atoms with E-state index in [9.17, 15) is 9.59 Å². The molecule has 3 aromatic rings. The van der Waals surface area contributed by atoms with Gasteiger partial charge < -0.3 is 19.8 Å². The molecule has 0 bridgehead atoms. The van der Waals surface area contributed by atoms with Gasteiger partial charge in [0.25, 0.3) is 5.91 Å². The number of rotatable bonds is 8. The van der Waals surface area contributed by atoms with Gasteiger partial charge in [-0.2, -0.15) is 0 Å². The van der Waals surface area contributed by atoms with Gasteiger partial charge in [-0.1, -0.05) is 25.5 Å². The number of nitrogens with zero attached hydrogens (tertiary/aromatic N) is 1. The average Bonchev–Trinajstić information content (AvgIpc) is 3.14. The second kappa shape index (κ2) is 9.09. The number of ether oxygens (including phenoxy) is 2. The Labute approximate surface area is 168 Å². The van der Waals surface area contributed by atoms with Crippen LogP contribution in [0.1, 0.15) is 30.1 Å². The first kappa shape index (κ1) is 20.2. The van der Waals surface area contributed by atoms with Crippen molar-refractivity contribution in [3.05, 3.63) is 48.0 Å². The van der Waals surface area contributed by atoms with Crippen molar-refractivity contribution in [3.63, 3.8) is 0 Å². The highest BCUT2D eigenvalue weighted by atomic mass is 16.5. The molecule has 0 spiro atoms. The van der Waals surface area contributed by atoms with Crippen LogP contribution >= 0.6 is 0 Å². The van der Waals surface area contributed by atoms with Crippen molar-refractivity contribution in [2.45, 2.75) is 25.8 Å². The van der Waals surface area contributed by atoms with Gasteiger partial charge in [-0.3, -0.25) is 14.9 Å². The fourth-order valence-electron chi connectivity index (χ4n) is 2.99. The molecule has 0 saturated carbocycles. The molecule has 8 heteroatoms. The number of anilines is 1. The van der Waals surface area contributed by atoms with Crippen LogP contribution < -0.4 is 20.1 Å². The quantitative estimate of drug-likeness (QED) is 0.543. The molecule has 8 nitrogen and oxygen atoms in total. The minimum Gasteiger partial charge on any atom is -0.493 e. The summed E-state index contributed by atoms with van der Waals surface area (Å²) in [4.78, 5) is 32.8. The number of nitrogens with one attached hydrogen (secondary N) is 3. The predicted molar refractivity (Wildman–Crippen MR) is 110 cm³/mol. The van der Waals surface area contributed by atoms with E-state index in [0.29, 0.717) is 29.4 Å². The summed E-state index contributed by atoms with van der Waals surface area (Å²) in [5, 5.41) is 5.54. The molecule has 1 aromatic heterocycles. The lowest BCUT2D eigenvalue weighted by atomic mass is 10.1. The van der Waals surface area contributed by atoms with Crippen molar-refractivity contribution in [2.75, 3.05) is 19.5 Å². The zero-order valence-corrected chi connectivity index (χ0v) is 16.6. The molecule has 0 aliphatic carbocycles. The molecule has 0 fully saturated rings. The second-order valence-electron chi connectivity index (χ2n) is 6.48. The summed E-state index contributed by atoms with van der Waals surface area (Å²) in [7, 11) is 3.03. The van der Waals surface area contributed by atoms with E-state index in [-0.39, 0.29) is 11.8 Å². The Morgan fingerprint density at radius 3 is 2.55 bits per heavy atom. The highest BCUT2D eigenvalue weighted by Crippen LogP contribution is 2.27. The van der Waals surface area contributed by atoms with Gasteiger partial charge in [-0.25, -0.2) is 4.98 Å². The Bertz CT molecular complexity index is 982. The van der Waals surface area contributed by atoms with Crippen molar-refractivity contribution >= 4 is 28.8 Å². The van der Waals surface area contributed by atoms with Crippen LogP contribution in [-0.2, 0) is 4.79 Å². The number of hydrogen-bond acceptors (Lipinski definition) is 5. The Hall–Kier alpha value is -3.55. The normalized spacial score (nSPS) is 11.7. The van der Waals surface area contributed by atoms with Crippen molar-refractivity contribution in [3.8, 4) is 11.5 Å². The molecule has 152 valence electrons. The number of H-pyrrole nitrogens is 1. The van der Waals surface area contributed by atoms with Gasteiger partial charge in [0.2, 0.25) is 11.9 Å². The SMILES string of the molecule is CCCC(NC(=O)c1ccc(OC)c(OC)c1)C(=O)Nc1nc2ccccc2[nH]1. The molecule has 3 rings (SSSR count). The van der Waals surface area contributed by atoms with E-state index in [1.54, 1.807) is 18.2 Å². The number of para-hydroxylation sites is 2. The second-order valence-corrected chi connectivity index (χ2v) is 6.48. The van der Waals surface area contributed by atoms with Crippen molar-refractivity contribution < 1.29 is 19.1 Å². The van der Waals surface area contributed by atoms with Gasteiger partial charge in [0.15, 0.2) is 11.5 Å². The van der Waals surface area contributed by atoms with E-state index in [1.807, 2.05) is 31.2 Å². The molecule has 2 amide bonds. The lowest BCUT2D eigenvalue weighted by molar-refractivity contribution is -0.118. The zero-order chi connectivity index (χ0) is 20.8. The summed E-state index contributed by atoms with van der Waals surface area (Å²) in [6.07, 6.45) is 1.22. The zero-order valence-electron chi connectivity index (χ0n) is 16.6. The first-order valence-electron chi connectivity index (χ1n) is 9.34. The smallest absolute Gasteiger partial charge is 0.252 e. The fourth-order valence-corrected chi connectivity index (χ4v) is 2.99. The molecule has 1 heterocycles. The van der Waals surface area contributed by atoms with E-state index in [2.05, 4.69) is 20.6 Å². The lowest BCUT2D eigenvalue weighted by Gasteiger charge is -2.17. The van der Waals surface area contributed by atoms with Crippen LogP contribution in [0.5, 0.6) is 11.5 Å². The van der Waals surface area contributed by atoms with E-state index >= 15 is 0 Å².